The molecule has 1 amide bonds. The van der Waals surface area contributed by atoms with Gasteiger partial charge in [0.15, 0.2) is 6.29 Å². The van der Waals surface area contributed by atoms with E-state index in [0.29, 0.717) is 12.8 Å². The van der Waals surface area contributed by atoms with Gasteiger partial charge in [0.1, 0.15) is 24.4 Å². The summed E-state index contributed by atoms with van der Waals surface area (Å²) in [4.78, 5) is 12.3. The first-order valence-corrected chi connectivity index (χ1v) is 14.7. The van der Waals surface area contributed by atoms with Crippen molar-refractivity contribution in [2.75, 3.05) is 13.2 Å². The minimum Gasteiger partial charge on any atom is -0.394 e. The topological polar surface area (TPSA) is 149 Å². The third-order valence-electron chi connectivity index (χ3n) is 6.70. The van der Waals surface area contributed by atoms with Crippen LogP contribution in [0.1, 0.15) is 90.9 Å². The van der Waals surface area contributed by atoms with E-state index in [1.165, 1.54) is 25.7 Å². The van der Waals surface area contributed by atoms with Crippen LogP contribution in [0.4, 0.5) is 0 Å². The Bertz CT molecular complexity index is 711. The van der Waals surface area contributed by atoms with E-state index in [0.717, 1.165) is 38.5 Å². The summed E-state index contributed by atoms with van der Waals surface area (Å²) < 4.78 is 10.9. The number of nitrogens with one attached hydrogen (secondary N) is 1. The quantitative estimate of drug-likeness (QED) is 0.0935. The third-order valence-corrected chi connectivity index (χ3v) is 6.70. The van der Waals surface area contributed by atoms with Crippen LogP contribution < -0.4 is 5.32 Å². The van der Waals surface area contributed by atoms with Gasteiger partial charge in [-0.3, -0.25) is 4.79 Å². The molecule has 0 aromatic rings. The van der Waals surface area contributed by atoms with Gasteiger partial charge < -0.3 is 40.3 Å². The fourth-order valence-electron chi connectivity index (χ4n) is 4.16. The number of aliphatic hydroxyl groups is 5. The van der Waals surface area contributed by atoms with E-state index in [9.17, 15) is 30.3 Å². The van der Waals surface area contributed by atoms with Gasteiger partial charge in [-0.2, -0.15) is 0 Å². The number of amides is 1. The predicted molar refractivity (Wildman–Crippen MR) is 152 cm³/mol. The van der Waals surface area contributed by atoms with Crippen LogP contribution in [0.25, 0.3) is 0 Å². The van der Waals surface area contributed by atoms with Crippen LogP contribution in [0, 0.1) is 0 Å². The average molecular weight is 556 g/mol. The first-order chi connectivity index (χ1) is 18.8. The fourth-order valence-corrected chi connectivity index (χ4v) is 4.16. The fraction of sp³-hybridized carbons (Fsp3) is 0.767. The summed E-state index contributed by atoms with van der Waals surface area (Å²) in [7, 11) is 0. The second kappa shape index (κ2) is 22.1. The molecule has 1 heterocycles. The molecule has 39 heavy (non-hydrogen) atoms. The molecule has 1 rings (SSSR count). The number of allylic oxidation sites excluding steroid dienone is 5. The number of carbonyl (C=O) groups is 1. The van der Waals surface area contributed by atoms with E-state index in [1.807, 2.05) is 13.0 Å². The lowest BCUT2D eigenvalue weighted by atomic mass is 9.99. The molecule has 226 valence electrons. The van der Waals surface area contributed by atoms with Crippen LogP contribution in [-0.4, -0.2) is 87.5 Å². The Kier molecular flexibility index (Phi) is 20.1. The predicted octanol–water partition coefficient (Wildman–Crippen LogP) is 3.04. The molecule has 0 saturated carbocycles. The molecule has 0 aromatic carbocycles. The molecular formula is C30H53NO8. The highest BCUT2D eigenvalue weighted by Gasteiger charge is 2.44. The van der Waals surface area contributed by atoms with Crippen LogP contribution in [-0.2, 0) is 14.3 Å². The van der Waals surface area contributed by atoms with Crippen molar-refractivity contribution in [3.8, 4) is 0 Å². The summed E-state index contributed by atoms with van der Waals surface area (Å²) in [5, 5.41) is 53.0. The smallest absolute Gasteiger partial charge is 0.220 e. The molecule has 1 aliphatic heterocycles. The average Bonchev–Trinajstić information content (AvgIpc) is 2.93. The molecule has 0 bridgehead atoms. The van der Waals surface area contributed by atoms with Gasteiger partial charge in [0, 0.05) is 6.42 Å². The Hall–Kier alpha value is -1.59. The normalized spacial score (nSPS) is 25.6. The maximum atomic E-state index is 12.3. The molecule has 6 N–H and O–H groups in total. The van der Waals surface area contributed by atoms with E-state index in [-0.39, 0.29) is 12.5 Å². The Balaban J connectivity index is 2.50. The monoisotopic (exact) mass is 555 g/mol. The van der Waals surface area contributed by atoms with Gasteiger partial charge >= 0.3 is 0 Å². The summed E-state index contributed by atoms with van der Waals surface area (Å²) in [6.07, 6.45) is 15.9. The minimum atomic E-state index is -1.57. The van der Waals surface area contributed by atoms with Gasteiger partial charge in [0.2, 0.25) is 5.91 Å². The molecular weight excluding hydrogens is 502 g/mol. The van der Waals surface area contributed by atoms with Crippen molar-refractivity contribution in [2.24, 2.45) is 0 Å². The van der Waals surface area contributed by atoms with Crippen LogP contribution in [0.2, 0.25) is 0 Å². The second-order valence-corrected chi connectivity index (χ2v) is 10.2. The number of ether oxygens (including phenoxy) is 2. The molecule has 1 aliphatic rings. The molecule has 7 unspecified atom stereocenters. The van der Waals surface area contributed by atoms with Crippen LogP contribution in [0.15, 0.2) is 36.5 Å². The molecule has 0 aromatic heterocycles. The van der Waals surface area contributed by atoms with E-state index in [1.54, 1.807) is 6.08 Å². The van der Waals surface area contributed by atoms with Gasteiger partial charge in [-0.15, -0.1) is 0 Å². The summed E-state index contributed by atoms with van der Waals surface area (Å²) in [5.41, 5.74) is 0. The highest BCUT2D eigenvalue weighted by molar-refractivity contribution is 5.76. The molecule has 0 aliphatic carbocycles. The largest absolute Gasteiger partial charge is 0.394 e. The summed E-state index contributed by atoms with van der Waals surface area (Å²) in [5.74, 6) is -0.232. The van der Waals surface area contributed by atoms with E-state index >= 15 is 0 Å². The number of hydrogen-bond donors (Lipinski definition) is 6. The van der Waals surface area contributed by atoms with Gasteiger partial charge in [0.05, 0.1) is 25.4 Å². The number of aliphatic hydroxyl groups excluding tert-OH is 5. The lowest BCUT2D eigenvalue weighted by Gasteiger charge is -2.40. The zero-order chi connectivity index (χ0) is 28.9. The van der Waals surface area contributed by atoms with Gasteiger partial charge in [-0.05, 0) is 44.9 Å². The Morgan fingerprint density at radius 2 is 1.46 bits per heavy atom. The highest BCUT2D eigenvalue weighted by Crippen LogP contribution is 2.22. The Morgan fingerprint density at radius 3 is 2.08 bits per heavy atom. The first kappa shape index (κ1) is 35.4. The van der Waals surface area contributed by atoms with Crippen LogP contribution >= 0.6 is 0 Å². The molecule has 7 atom stereocenters. The lowest BCUT2D eigenvalue weighted by molar-refractivity contribution is -0.302. The van der Waals surface area contributed by atoms with Gasteiger partial charge in [0.25, 0.3) is 0 Å². The molecule has 0 radical (unpaired) electrons. The van der Waals surface area contributed by atoms with E-state index < -0.39 is 49.5 Å². The maximum Gasteiger partial charge on any atom is 0.220 e. The van der Waals surface area contributed by atoms with Crippen molar-refractivity contribution in [1.29, 1.82) is 0 Å². The second-order valence-electron chi connectivity index (χ2n) is 10.2. The van der Waals surface area contributed by atoms with E-state index in [4.69, 9.17) is 9.47 Å². The number of unbranched alkanes of at least 4 members (excludes halogenated alkanes) is 7. The minimum absolute atomic E-state index is 0.210. The van der Waals surface area contributed by atoms with Crippen LogP contribution in [0.3, 0.4) is 0 Å². The molecule has 1 saturated heterocycles. The van der Waals surface area contributed by atoms with E-state index in [2.05, 4.69) is 36.5 Å². The van der Waals surface area contributed by atoms with Crippen molar-refractivity contribution >= 4 is 5.91 Å². The number of rotatable bonds is 21. The standard InChI is InChI=1S/C30H53NO8/c1-3-5-7-8-9-10-11-12-13-14-15-16-17-18-19-24(33)23(31-26(34)20-6-4-2)22-38-30-29(37)28(36)27(35)25(21-32)39-30/h10-11,14-15,18-19,23-25,27-30,32-33,35-37H,3-9,12-13,16-17,20-22H2,1-2H3,(H,31,34)/b11-10+,15-14+,19-18+. The molecule has 9 heteroatoms. The van der Waals surface area contributed by atoms with Crippen molar-refractivity contribution in [2.45, 2.75) is 134 Å². The maximum absolute atomic E-state index is 12.3. The summed E-state index contributed by atoms with van der Waals surface area (Å²) >= 11 is 0. The zero-order valence-corrected chi connectivity index (χ0v) is 23.9. The van der Waals surface area contributed by atoms with Gasteiger partial charge in [-0.1, -0.05) is 76.0 Å². The summed E-state index contributed by atoms with van der Waals surface area (Å²) in [6, 6.07) is -0.817. The van der Waals surface area contributed by atoms with Crippen molar-refractivity contribution in [3.05, 3.63) is 36.5 Å². The Labute approximate surface area is 234 Å². The molecule has 1 fully saturated rings. The third kappa shape index (κ3) is 15.1. The lowest BCUT2D eigenvalue weighted by Crippen LogP contribution is -2.60. The van der Waals surface area contributed by atoms with Gasteiger partial charge in [-0.25, -0.2) is 0 Å². The first-order valence-electron chi connectivity index (χ1n) is 14.7. The molecule has 9 nitrogen and oxygen atoms in total. The molecule has 0 spiro atoms. The number of hydrogen-bond acceptors (Lipinski definition) is 8. The van der Waals surface area contributed by atoms with Crippen molar-refractivity contribution in [1.82, 2.24) is 5.32 Å². The Morgan fingerprint density at radius 1 is 0.846 bits per heavy atom. The van der Waals surface area contributed by atoms with Crippen LogP contribution in [0.5, 0.6) is 0 Å². The zero-order valence-electron chi connectivity index (χ0n) is 23.9. The van der Waals surface area contributed by atoms with Crippen molar-refractivity contribution < 1.29 is 39.8 Å². The number of carbonyl (C=O) groups excluding carboxylic acids is 1. The SMILES string of the molecule is CCCCCC/C=C/CC/C=C/CC/C=C/C(O)C(COC1OC(CO)C(O)C(O)C1O)NC(=O)CCCC. The van der Waals surface area contributed by atoms with Crippen molar-refractivity contribution in [3.63, 3.8) is 0 Å². The summed E-state index contributed by atoms with van der Waals surface area (Å²) in [6.45, 7) is 3.42. The highest BCUT2D eigenvalue weighted by atomic mass is 16.7.